The van der Waals surface area contributed by atoms with E-state index in [9.17, 15) is 0 Å². The van der Waals surface area contributed by atoms with Crippen LogP contribution in [0.1, 0.15) is 43.8 Å². The zero-order valence-corrected chi connectivity index (χ0v) is 10.9. The van der Waals surface area contributed by atoms with E-state index in [2.05, 4.69) is 10.4 Å². The lowest BCUT2D eigenvalue weighted by molar-refractivity contribution is -0.147. The van der Waals surface area contributed by atoms with Gasteiger partial charge in [-0.1, -0.05) is 0 Å². The molecule has 2 aliphatic rings. The minimum Gasteiger partial charge on any atom is -0.375 e. The minimum absolute atomic E-state index is 0.146. The molecule has 1 aliphatic carbocycles. The predicted molar refractivity (Wildman–Crippen MR) is 68.5 cm³/mol. The van der Waals surface area contributed by atoms with Crippen molar-refractivity contribution in [3.63, 3.8) is 0 Å². The van der Waals surface area contributed by atoms with Crippen molar-refractivity contribution in [2.75, 3.05) is 6.61 Å². The smallest absolute Gasteiger partial charge is 0.0947 e. The summed E-state index contributed by atoms with van der Waals surface area (Å²) in [6.45, 7) is 0.857. The van der Waals surface area contributed by atoms with E-state index in [1.165, 1.54) is 19.3 Å². The number of nitrogens with zero attached hydrogens (tertiary/aromatic N) is 2. The second-order valence-electron chi connectivity index (χ2n) is 5.75. The fraction of sp³-hybridized carbons (Fsp3) is 0.769. The molecule has 0 radical (unpaired) electrons. The van der Waals surface area contributed by atoms with Crippen molar-refractivity contribution in [3.05, 3.63) is 18.2 Å². The molecule has 2 heterocycles. The van der Waals surface area contributed by atoms with Crippen LogP contribution in [0.25, 0.3) is 0 Å². The highest BCUT2D eigenvalue weighted by Gasteiger charge is 2.44. The van der Waals surface area contributed by atoms with Crippen LogP contribution in [-0.2, 0) is 11.8 Å². The van der Waals surface area contributed by atoms with Crippen LogP contribution < -0.4 is 11.3 Å². The molecule has 2 atom stereocenters. The number of imidazole rings is 1. The van der Waals surface area contributed by atoms with Crippen LogP contribution in [0.5, 0.6) is 0 Å². The molecule has 1 saturated heterocycles. The molecule has 1 aromatic heterocycles. The van der Waals surface area contributed by atoms with E-state index in [-0.39, 0.29) is 11.6 Å². The maximum atomic E-state index is 5.97. The Morgan fingerprint density at radius 1 is 1.61 bits per heavy atom. The van der Waals surface area contributed by atoms with Crippen molar-refractivity contribution in [2.24, 2.45) is 18.8 Å². The van der Waals surface area contributed by atoms with Crippen LogP contribution in [0.2, 0.25) is 0 Å². The molecule has 2 fully saturated rings. The summed E-state index contributed by atoms with van der Waals surface area (Å²) in [6.07, 6.45) is 9.78. The Bertz CT molecular complexity index is 413. The summed E-state index contributed by atoms with van der Waals surface area (Å²) >= 11 is 0. The predicted octanol–water partition coefficient (Wildman–Crippen LogP) is 1.27. The van der Waals surface area contributed by atoms with Crippen molar-refractivity contribution in [3.8, 4) is 0 Å². The van der Waals surface area contributed by atoms with Crippen LogP contribution in [0.15, 0.2) is 12.5 Å². The minimum atomic E-state index is 0.146. The normalized spacial score (nSPS) is 28.0. The highest BCUT2D eigenvalue weighted by atomic mass is 16.5. The van der Waals surface area contributed by atoms with Crippen molar-refractivity contribution in [1.29, 1.82) is 0 Å². The molecule has 1 saturated carbocycles. The first kappa shape index (κ1) is 12.1. The van der Waals surface area contributed by atoms with E-state index in [0.717, 1.165) is 25.1 Å². The van der Waals surface area contributed by atoms with E-state index in [4.69, 9.17) is 10.6 Å². The van der Waals surface area contributed by atoms with Gasteiger partial charge < -0.3 is 9.30 Å². The molecule has 1 aliphatic heterocycles. The van der Waals surface area contributed by atoms with Gasteiger partial charge in [0.1, 0.15) is 0 Å². The highest BCUT2D eigenvalue weighted by Crippen LogP contribution is 2.46. The van der Waals surface area contributed by atoms with E-state index in [1.807, 2.05) is 24.1 Å². The third-order valence-corrected chi connectivity index (χ3v) is 4.49. The molecular weight excluding hydrogens is 228 g/mol. The highest BCUT2D eigenvalue weighted by molar-refractivity contribution is 5.07. The van der Waals surface area contributed by atoms with Gasteiger partial charge in [0.2, 0.25) is 0 Å². The molecule has 100 valence electrons. The van der Waals surface area contributed by atoms with Crippen LogP contribution in [0, 0.1) is 5.92 Å². The lowest BCUT2D eigenvalue weighted by Crippen LogP contribution is -2.48. The summed E-state index contributed by atoms with van der Waals surface area (Å²) in [5.74, 6) is 6.28. The van der Waals surface area contributed by atoms with Gasteiger partial charge >= 0.3 is 0 Å². The number of hydrazine groups is 1. The Morgan fingerprint density at radius 3 is 3.00 bits per heavy atom. The van der Waals surface area contributed by atoms with Crippen molar-refractivity contribution in [2.45, 2.75) is 43.7 Å². The summed E-state index contributed by atoms with van der Waals surface area (Å²) in [6, 6.07) is 0.146. The number of ether oxygens (including phenoxy) is 1. The summed E-state index contributed by atoms with van der Waals surface area (Å²) in [5, 5.41) is 0. The number of hydrogen-bond acceptors (Lipinski definition) is 4. The molecule has 5 nitrogen and oxygen atoms in total. The number of nitrogens with one attached hydrogen (secondary N) is 1. The monoisotopic (exact) mass is 250 g/mol. The first-order valence-corrected chi connectivity index (χ1v) is 6.80. The molecule has 0 amide bonds. The fourth-order valence-electron chi connectivity index (χ4n) is 3.33. The Balaban J connectivity index is 1.75. The van der Waals surface area contributed by atoms with E-state index >= 15 is 0 Å². The molecule has 5 heteroatoms. The number of aromatic nitrogens is 2. The van der Waals surface area contributed by atoms with E-state index in [0.29, 0.717) is 5.92 Å². The SMILES string of the molecule is Cn1cnc(C(NN)C2CCOC3(CCC3)C2)c1. The zero-order chi connectivity index (χ0) is 12.6. The van der Waals surface area contributed by atoms with Crippen LogP contribution >= 0.6 is 0 Å². The Hall–Kier alpha value is -0.910. The summed E-state index contributed by atoms with van der Waals surface area (Å²) in [5.41, 5.74) is 4.16. The number of rotatable bonds is 3. The third-order valence-electron chi connectivity index (χ3n) is 4.49. The summed E-state index contributed by atoms with van der Waals surface area (Å²) in [4.78, 5) is 4.43. The Morgan fingerprint density at radius 2 is 2.44 bits per heavy atom. The van der Waals surface area contributed by atoms with Gasteiger partial charge in [0, 0.05) is 19.9 Å². The van der Waals surface area contributed by atoms with Crippen molar-refractivity contribution in [1.82, 2.24) is 15.0 Å². The average Bonchev–Trinajstić information content (AvgIpc) is 2.75. The Kier molecular flexibility index (Phi) is 3.13. The van der Waals surface area contributed by atoms with Crippen LogP contribution in [0.4, 0.5) is 0 Å². The molecule has 0 aromatic carbocycles. The summed E-state index contributed by atoms with van der Waals surface area (Å²) in [7, 11) is 1.99. The van der Waals surface area contributed by atoms with Gasteiger partial charge in [0.05, 0.1) is 23.7 Å². The molecule has 3 N–H and O–H groups in total. The van der Waals surface area contributed by atoms with Crippen molar-refractivity contribution >= 4 is 0 Å². The van der Waals surface area contributed by atoms with Gasteiger partial charge in [0.25, 0.3) is 0 Å². The first-order valence-electron chi connectivity index (χ1n) is 6.80. The fourth-order valence-corrected chi connectivity index (χ4v) is 3.33. The largest absolute Gasteiger partial charge is 0.375 e. The van der Waals surface area contributed by atoms with Crippen molar-refractivity contribution < 1.29 is 4.74 Å². The second kappa shape index (κ2) is 4.64. The lowest BCUT2D eigenvalue weighted by atomic mass is 9.70. The van der Waals surface area contributed by atoms with Gasteiger partial charge in [0.15, 0.2) is 0 Å². The molecule has 18 heavy (non-hydrogen) atoms. The quantitative estimate of drug-likeness (QED) is 0.626. The molecule has 0 bridgehead atoms. The number of hydrogen-bond donors (Lipinski definition) is 2. The van der Waals surface area contributed by atoms with Gasteiger partial charge in [-0.2, -0.15) is 0 Å². The molecule has 3 rings (SSSR count). The second-order valence-corrected chi connectivity index (χ2v) is 5.75. The molecule has 1 spiro atoms. The molecule has 2 unspecified atom stereocenters. The zero-order valence-electron chi connectivity index (χ0n) is 10.9. The van der Waals surface area contributed by atoms with Gasteiger partial charge in [-0.3, -0.25) is 11.3 Å². The van der Waals surface area contributed by atoms with Crippen LogP contribution in [0.3, 0.4) is 0 Å². The average molecular weight is 250 g/mol. The van der Waals surface area contributed by atoms with Crippen LogP contribution in [-0.4, -0.2) is 21.8 Å². The number of aryl methyl sites for hydroxylation is 1. The maximum Gasteiger partial charge on any atom is 0.0947 e. The third kappa shape index (κ3) is 2.06. The Labute approximate surface area is 108 Å². The lowest BCUT2D eigenvalue weighted by Gasteiger charge is -2.48. The molecule has 1 aromatic rings. The first-order chi connectivity index (χ1) is 8.72. The van der Waals surface area contributed by atoms with Gasteiger partial charge in [-0.15, -0.1) is 0 Å². The number of nitrogens with two attached hydrogens (primary N) is 1. The standard InChI is InChI=1S/C13H22N4O/c1-17-8-11(15-9-17)12(16-14)10-3-6-18-13(7-10)4-2-5-13/h8-10,12,16H,2-7,14H2,1H3. The summed E-state index contributed by atoms with van der Waals surface area (Å²) < 4.78 is 7.94. The van der Waals surface area contributed by atoms with Gasteiger partial charge in [-0.05, 0) is 38.0 Å². The van der Waals surface area contributed by atoms with E-state index < -0.39 is 0 Å². The molecular formula is C13H22N4O. The maximum absolute atomic E-state index is 5.97. The topological polar surface area (TPSA) is 65.1 Å². The van der Waals surface area contributed by atoms with E-state index in [1.54, 1.807) is 0 Å². The van der Waals surface area contributed by atoms with Gasteiger partial charge in [-0.25, -0.2) is 4.98 Å².